The van der Waals surface area contributed by atoms with Gasteiger partial charge in [0.25, 0.3) is 5.91 Å². The van der Waals surface area contributed by atoms with Gasteiger partial charge in [-0.1, -0.05) is 11.6 Å². The summed E-state index contributed by atoms with van der Waals surface area (Å²) in [4.78, 5) is 28.8. The van der Waals surface area contributed by atoms with Crippen LogP contribution in [0.2, 0.25) is 5.02 Å². The second kappa shape index (κ2) is 8.72. The molecule has 1 aromatic heterocycles. The standard InChI is InChI=1S/C19H15ClFN3O2S2/c1-10(25)22-11-3-5-13(16(21)7-11)17-9-28-19(23-17)24-18(26)14-8-12(27-2)4-6-15(14)20/h3-9H,1-2H3,(H,22,25)(H,23,24,26). The van der Waals surface area contributed by atoms with Crippen molar-refractivity contribution in [2.75, 3.05) is 16.9 Å². The fourth-order valence-corrected chi connectivity index (χ4v) is 3.78. The van der Waals surface area contributed by atoms with Crippen molar-refractivity contribution in [3.63, 3.8) is 0 Å². The molecule has 0 aliphatic carbocycles. The van der Waals surface area contributed by atoms with Crippen LogP contribution in [0.3, 0.4) is 0 Å². The lowest BCUT2D eigenvalue weighted by atomic mass is 10.1. The Bertz CT molecular complexity index is 1060. The minimum atomic E-state index is -0.523. The molecule has 0 aliphatic heterocycles. The number of rotatable bonds is 5. The maximum absolute atomic E-state index is 14.4. The monoisotopic (exact) mass is 435 g/mol. The van der Waals surface area contributed by atoms with Crippen LogP contribution < -0.4 is 10.6 Å². The van der Waals surface area contributed by atoms with E-state index in [2.05, 4.69) is 15.6 Å². The van der Waals surface area contributed by atoms with Crippen LogP contribution in [0.4, 0.5) is 15.2 Å². The molecule has 0 unspecified atom stereocenters. The molecule has 0 aliphatic rings. The molecule has 0 spiro atoms. The summed E-state index contributed by atoms with van der Waals surface area (Å²) < 4.78 is 14.4. The molecule has 2 amide bonds. The molecule has 9 heteroatoms. The van der Waals surface area contributed by atoms with Crippen LogP contribution in [0, 0.1) is 5.82 Å². The third-order valence-corrected chi connectivity index (χ3v) is 5.52. The Morgan fingerprint density at radius 2 is 1.96 bits per heavy atom. The van der Waals surface area contributed by atoms with Crippen molar-refractivity contribution in [2.45, 2.75) is 11.8 Å². The highest BCUT2D eigenvalue weighted by molar-refractivity contribution is 7.98. The first-order valence-electron chi connectivity index (χ1n) is 8.05. The van der Waals surface area contributed by atoms with Crippen LogP contribution in [0.5, 0.6) is 0 Å². The summed E-state index contributed by atoms with van der Waals surface area (Å²) in [6, 6.07) is 9.55. The van der Waals surface area contributed by atoms with Gasteiger partial charge in [0.15, 0.2) is 5.13 Å². The molecule has 2 aromatic carbocycles. The number of aromatic nitrogens is 1. The van der Waals surface area contributed by atoms with E-state index in [1.54, 1.807) is 23.6 Å². The maximum Gasteiger partial charge on any atom is 0.258 e. The van der Waals surface area contributed by atoms with E-state index in [9.17, 15) is 14.0 Å². The van der Waals surface area contributed by atoms with Crippen LogP contribution in [0.1, 0.15) is 17.3 Å². The number of hydrogen-bond acceptors (Lipinski definition) is 5. The van der Waals surface area contributed by atoms with Crippen molar-refractivity contribution in [1.29, 1.82) is 0 Å². The van der Waals surface area contributed by atoms with Gasteiger partial charge in [0.05, 0.1) is 16.3 Å². The molecular formula is C19H15ClFN3O2S2. The number of hydrogen-bond donors (Lipinski definition) is 2. The van der Waals surface area contributed by atoms with Gasteiger partial charge in [0.1, 0.15) is 5.82 Å². The van der Waals surface area contributed by atoms with E-state index in [-0.39, 0.29) is 17.4 Å². The number of benzene rings is 2. The normalized spacial score (nSPS) is 10.6. The van der Waals surface area contributed by atoms with Crippen LogP contribution in [-0.4, -0.2) is 23.1 Å². The van der Waals surface area contributed by atoms with E-state index in [0.29, 0.717) is 27.1 Å². The van der Waals surface area contributed by atoms with Gasteiger partial charge in [-0.05, 0) is 42.7 Å². The molecule has 3 rings (SSSR count). The zero-order chi connectivity index (χ0) is 20.3. The average Bonchev–Trinajstić information content (AvgIpc) is 3.09. The topological polar surface area (TPSA) is 71.1 Å². The molecule has 0 bridgehead atoms. The molecule has 0 saturated heterocycles. The number of halogens is 2. The SMILES string of the molecule is CSc1ccc(Cl)c(C(=O)Nc2nc(-c3ccc(NC(C)=O)cc3F)cs2)c1. The Morgan fingerprint density at radius 3 is 2.64 bits per heavy atom. The smallest absolute Gasteiger partial charge is 0.258 e. The number of anilines is 2. The third kappa shape index (κ3) is 4.70. The summed E-state index contributed by atoms with van der Waals surface area (Å²) in [5.41, 5.74) is 1.36. The average molecular weight is 436 g/mol. The van der Waals surface area contributed by atoms with Gasteiger partial charge in [-0.15, -0.1) is 23.1 Å². The summed E-state index contributed by atoms with van der Waals surface area (Å²) in [6.45, 7) is 1.35. The van der Waals surface area contributed by atoms with Gasteiger partial charge in [0.2, 0.25) is 5.91 Å². The summed E-state index contributed by atoms with van der Waals surface area (Å²) in [6.07, 6.45) is 1.91. The van der Waals surface area contributed by atoms with E-state index in [1.807, 2.05) is 12.3 Å². The highest BCUT2D eigenvalue weighted by Crippen LogP contribution is 2.30. The second-order valence-electron chi connectivity index (χ2n) is 5.71. The maximum atomic E-state index is 14.4. The second-order valence-corrected chi connectivity index (χ2v) is 7.86. The summed E-state index contributed by atoms with van der Waals surface area (Å²) in [5.74, 6) is -1.19. The molecule has 0 saturated carbocycles. The number of nitrogens with one attached hydrogen (secondary N) is 2. The summed E-state index contributed by atoms with van der Waals surface area (Å²) in [7, 11) is 0. The number of thiazole rings is 1. The minimum Gasteiger partial charge on any atom is -0.326 e. The minimum absolute atomic E-state index is 0.272. The van der Waals surface area contributed by atoms with Gasteiger partial charge in [-0.3, -0.25) is 14.9 Å². The fraction of sp³-hybridized carbons (Fsp3) is 0.105. The van der Waals surface area contributed by atoms with Crippen molar-refractivity contribution >= 4 is 57.3 Å². The van der Waals surface area contributed by atoms with Gasteiger partial charge < -0.3 is 5.32 Å². The molecule has 2 N–H and O–H groups in total. The first kappa shape index (κ1) is 20.3. The summed E-state index contributed by atoms with van der Waals surface area (Å²) in [5, 5.41) is 7.53. The first-order chi connectivity index (χ1) is 13.4. The predicted octanol–water partition coefficient (Wildman–Crippen LogP) is 5.54. The largest absolute Gasteiger partial charge is 0.326 e. The quantitative estimate of drug-likeness (QED) is 0.516. The molecule has 0 fully saturated rings. The van der Waals surface area contributed by atoms with Crippen LogP contribution >= 0.6 is 34.7 Å². The third-order valence-electron chi connectivity index (χ3n) is 3.71. The van der Waals surface area contributed by atoms with E-state index in [1.165, 1.54) is 42.2 Å². The molecule has 1 heterocycles. The molecule has 5 nitrogen and oxygen atoms in total. The lowest BCUT2D eigenvalue weighted by Crippen LogP contribution is -2.12. The van der Waals surface area contributed by atoms with Gasteiger partial charge in [0, 0.05) is 28.5 Å². The van der Waals surface area contributed by atoms with Crippen molar-refractivity contribution < 1.29 is 14.0 Å². The van der Waals surface area contributed by atoms with Crippen molar-refractivity contribution in [1.82, 2.24) is 4.98 Å². The Hall–Kier alpha value is -2.42. The molecule has 28 heavy (non-hydrogen) atoms. The van der Waals surface area contributed by atoms with Gasteiger partial charge in [-0.25, -0.2) is 9.37 Å². The highest BCUT2D eigenvalue weighted by atomic mass is 35.5. The number of carbonyl (C=O) groups is 2. The van der Waals surface area contributed by atoms with Crippen molar-refractivity contribution in [3.05, 3.63) is 58.2 Å². The molecule has 144 valence electrons. The van der Waals surface area contributed by atoms with Gasteiger partial charge >= 0.3 is 0 Å². The Labute approximate surface area is 174 Å². The lowest BCUT2D eigenvalue weighted by Gasteiger charge is -2.06. The van der Waals surface area contributed by atoms with Crippen molar-refractivity contribution in [2.24, 2.45) is 0 Å². The van der Waals surface area contributed by atoms with Gasteiger partial charge in [-0.2, -0.15) is 0 Å². The molecule has 3 aromatic rings. The van der Waals surface area contributed by atoms with E-state index >= 15 is 0 Å². The van der Waals surface area contributed by atoms with E-state index < -0.39 is 5.82 Å². The number of nitrogens with zero attached hydrogens (tertiary/aromatic N) is 1. The number of carbonyl (C=O) groups excluding carboxylic acids is 2. The zero-order valence-corrected chi connectivity index (χ0v) is 17.3. The predicted molar refractivity (Wildman–Crippen MR) is 113 cm³/mol. The van der Waals surface area contributed by atoms with Crippen LogP contribution in [0.15, 0.2) is 46.7 Å². The Morgan fingerprint density at radius 1 is 1.18 bits per heavy atom. The Kier molecular flexibility index (Phi) is 6.33. The molecule has 0 radical (unpaired) electrons. The molecular weight excluding hydrogens is 421 g/mol. The van der Waals surface area contributed by atoms with Crippen LogP contribution in [0.25, 0.3) is 11.3 Å². The van der Waals surface area contributed by atoms with Crippen LogP contribution in [-0.2, 0) is 4.79 Å². The number of amides is 2. The van der Waals surface area contributed by atoms with Crippen molar-refractivity contribution in [3.8, 4) is 11.3 Å². The zero-order valence-electron chi connectivity index (χ0n) is 14.9. The summed E-state index contributed by atoms with van der Waals surface area (Å²) >= 11 is 8.80. The van der Waals surface area contributed by atoms with E-state index in [4.69, 9.17) is 11.6 Å². The first-order valence-corrected chi connectivity index (χ1v) is 10.5. The highest BCUT2D eigenvalue weighted by Gasteiger charge is 2.15. The Balaban J connectivity index is 1.79. The lowest BCUT2D eigenvalue weighted by molar-refractivity contribution is -0.114. The fourth-order valence-electron chi connectivity index (χ4n) is 2.43. The van der Waals surface area contributed by atoms with E-state index in [0.717, 1.165) is 4.90 Å². The molecule has 0 atom stereocenters. The number of thioether (sulfide) groups is 1.